The lowest BCUT2D eigenvalue weighted by Crippen LogP contribution is -2.81. The number of methoxy groups -OCH3 is 2. The van der Waals surface area contributed by atoms with Crippen molar-refractivity contribution in [3.05, 3.63) is 70.9 Å². The van der Waals surface area contributed by atoms with E-state index in [1.165, 1.54) is 7.11 Å². The number of esters is 1. The Hall–Kier alpha value is -3.94. The number of piperidine rings is 1. The molecular formula is C43H55N5O7. The average molecular weight is 754 g/mol. The summed E-state index contributed by atoms with van der Waals surface area (Å²) in [6, 6.07) is 11.0. The Kier molecular flexibility index (Phi) is 8.19. The molecule has 12 heteroatoms. The lowest BCUT2D eigenvalue weighted by atomic mass is 9.47. The van der Waals surface area contributed by atoms with Crippen LogP contribution in [-0.2, 0) is 31.6 Å². The number of aliphatic hydroxyl groups excluding tert-OH is 1. The number of nitrogens with two attached hydrogens (primary N) is 1. The maximum absolute atomic E-state index is 15.2. The van der Waals surface area contributed by atoms with Gasteiger partial charge in [-0.05, 0) is 74.2 Å². The van der Waals surface area contributed by atoms with Crippen molar-refractivity contribution in [2.45, 2.75) is 92.6 Å². The van der Waals surface area contributed by atoms with Gasteiger partial charge in [0, 0.05) is 84.0 Å². The number of H-pyrrole nitrogens is 1. The highest BCUT2D eigenvalue weighted by molar-refractivity contribution is 5.95. The number of anilines is 1. The van der Waals surface area contributed by atoms with Crippen LogP contribution in [0.15, 0.2) is 48.6 Å². The fourth-order valence-corrected chi connectivity index (χ4v) is 13.1. The number of likely N-dealkylation sites (N-methyl/N-ethyl adjacent to an activating group) is 1. The maximum Gasteiger partial charge on any atom is 0.322 e. The maximum atomic E-state index is 15.2. The minimum Gasteiger partial charge on any atom is -0.496 e. The summed E-state index contributed by atoms with van der Waals surface area (Å²) in [6.07, 6.45) is 5.78. The molecule has 1 amide bonds. The predicted molar refractivity (Wildman–Crippen MR) is 208 cm³/mol. The second kappa shape index (κ2) is 12.3. The van der Waals surface area contributed by atoms with Crippen molar-refractivity contribution in [3.63, 3.8) is 0 Å². The molecular weight excluding hydrogens is 699 g/mol. The van der Waals surface area contributed by atoms with E-state index < -0.39 is 51.5 Å². The van der Waals surface area contributed by atoms with E-state index in [4.69, 9.17) is 15.2 Å². The van der Waals surface area contributed by atoms with Crippen LogP contribution in [-0.4, -0.2) is 125 Å². The summed E-state index contributed by atoms with van der Waals surface area (Å²) in [5.74, 6) is -1.00. The highest BCUT2D eigenvalue weighted by Gasteiger charge is 2.78. The fourth-order valence-electron chi connectivity index (χ4n) is 13.1. The van der Waals surface area contributed by atoms with Crippen molar-refractivity contribution in [1.82, 2.24) is 14.8 Å². The zero-order valence-electron chi connectivity index (χ0n) is 32.6. The number of primary amides is 1. The van der Waals surface area contributed by atoms with Gasteiger partial charge in [-0.3, -0.25) is 19.4 Å². The third-order valence-electron chi connectivity index (χ3n) is 15.2. The Bertz CT molecular complexity index is 2120. The number of hydrogen-bond donors (Lipinski definition) is 5. The number of aromatic amines is 1. The molecule has 1 saturated carbocycles. The van der Waals surface area contributed by atoms with Gasteiger partial charge < -0.3 is 40.4 Å². The number of para-hydroxylation sites is 1. The number of nitrogens with one attached hydrogen (secondary N) is 1. The lowest BCUT2D eigenvalue weighted by Gasteiger charge is -2.63. The fraction of sp³-hybridized carbons (Fsp3) is 0.581. The largest absolute Gasteiger partial charge is 0.496 e. The Balaban J connectivity index is 1.36. The van der Waals surface area contributed by atoms with Crippen molar-refractivity contribution in [3.8, 4) is 5.75 Å². The number of nitrogens with zero attached hydrogens (tertiary/aromatic N) is 3. The number of aromatic nitrogens is 1. The minimum atomic E-state index is -2.30. The van der Waals surface area contributed by atoms with Crippen molar-refractivity contribution >= 4 is 28.5 Å². The van der Waals surface area contributed by atoms with E-state index in [-0.39, 0.29) is 12.0 Å². The highest BCUT2D eigenvalue weighted by atomic mass is 16.5. The first kappa shape index (κ1) is 36.7. The van der Waals surface area contributed by atoms with E-state index in [9.17, 15) is 20.1 Å². The van der Waals surface area contributed by atoms with Crippen LogP contribution in [0, 0.1) is 11.3 Å². The standard InChI is InChI=1S/C43H55N5O7/c1-6-39(52)21-25-22-42(38(51)55-5,33-27(13-17-47(23-25)24-39)26-11-8-9-12-30(26)45-33)29-19-28-31(20-32(29)54-4)46(3)35-41(28)15-18-48-16-10-14-40(7-2,34(41)48)36(49)43(35,53)37(44)50/h8-12,14,19-20,25,34-36,45,49,52-53H,6-7,13,15-18,21-24H2,1-5H3,(H2,44,50)/t25-,34+,35-,36-,39+,40?,41?,42+,43+/m1/s1. The summed E-state index contributed by atoms with van der Waals surface area (Å²) in [6.45, 7) is 7.39. The van der Waals surface area contributed by atoms with Crippen LogP contribution >= 0.6 is 0 Å². The zero-order valence-corrected chi connectivity index (χ0v) is 32.6. The van der Waals surface area contributed by atoms with Crippen molar-refractivity contribution in [2.24, 2.45) is 17.1 Å². The molecule has 1 spiro atoms. The minimum absolute atomic E-state index is 0.0790. The Morgan fingerprint density at radius 3 is 2.53 bits per heavy atom. The average Bonchev–Trinajstić information content (AvgIpc) is 3.84. The smallest absolute Gasteiger partial charge is 0.322 e. The third-order valence-corrected chi connectivity index (χ3v) is 15.2. The van der Waals surface area contributed by atoms with Crippen molar-refractivity contribution in [1.29, 1.82) is 0 Å². The van der Waals surface area contributed by atoms with Gasteiger partial charge in [0.25, 0.3) is 5.91 Å². The number of carbonyl (C=O) groups is 2. The molecule has 6 N–H and O–H groups in total. The molecule has 2 bridgehead atoms. The summed E-state index contributed by atoms with van der Waals surface area (Å²) < 4.78 is 12.2. The van der Waals surface area contributed by atoms with Gasteiger partial charge in [-0.25, -0.2) is 0 Å². The second-order valence-corrected chi connectivity index (χ2v) is 17.5. The SMILES string of the molecule is CCC12C=CCN3CCC4(c5cc([C@@]6(C(=O)OC)C[C@@H]7CN(CCc8c6[nH]c6ccccc86)C[C@](O)(CC)C7)c(OC)cc5N(C)[C@H]4[C@@](O)(C(N)=O)[C@@H]1O)[C@@H]32. The van der Waals surface area contributed by atoms with Crippen LogP contribution in [0.4, 0.5) is 5.69 Å². The van der Waals surface area contributed by atoms with Crippen molar-refractivity contribution < 1.29 is 34.4 Å². The molecule has 0 radical (unpaired) electrons. The van der Waals surface area contributed by atoms with Gasteiger partial charge in [0.1, 0.15) is 17.3 Å². The molecule has 3 fully saturated rings. The van der Waals surface area contributed by atoms with E-state index in [2.05, 4.69) is 26.9 Å². The van der Waals surface area contributed by atoms with Crippen LogP contribution < -0.4 is 15.4 Å². The molecule has 1 aliphatic carbocycles. The highest BCUT2D eigenvalue weighted by Crippen LogP contribution is 2.67. The lowest BCUT2D eigenvalue weighted by molar-refractivity contribution is -0.201. The molecule has 10 atom stereocenters. The molecule has 294 valence electrons. The number of fused-ring (bicyclic) bond motifs is 6. The molecule has 5 aliphatic heterocycles. The normalized spacial score (nSPS) is 39.0. The van der Waals surface area contributed by atoms with Crippen LogP contribution in [0.1, 0.15) is 68.3 Å². The molecule has 6 heterocycles. The van der Waals surface area contributed by atoms with Gasteiger partial charge in [-0.1, -0.05) is 44.2 Å². The van der Waals surface area contributed by atoms with Gasteiger partial charge in [0.15, 0.2) is 5.60 Å². The van der Waals surface area contributed by atoms with Gasteiger partial charge >= 0.3 is 5.97 Å². The molecule has 2 saturated heterocycles. The summed E-state index contributed by atoms with van der Waals surface area (Å²) in [4.78, 5) is 39.3. The number of carbonyl (C=O) groups excluding carboxylic acids is 2. The number of hydrogen-bond acceptors (Lipinski definition) is 10. The molecule has 6 aliphatic rings. The molecule has 2 aromatic carbocycles. The monoisotopic (exact) mass is 753 g/mol. The number of aliphatic hydroxyl groups is 3. The Morgan fingerprint density at radius 2 is 1.82 bits per heavy atom. The van der Waals surface area contributed by atoms with Crippen molar-refractivity contribution in [2.75, 3.05) is 58.9 Å². The zero-order chi connectivity index (χ0) is 38.9. The van der Waals surface area contributed by atoms with Gasteiger partial charge in [0.05, 0.1) is 25.9 Å². The Morgan fingerprint density at radius 1 is 1.04 bits per heavy atom. The molecule has 3 unspecified atom stereocenters. The molecule has 55 heavy (non-hydrogen) atoms. The summed E-state index contributed by atoms with van der Waals surface area (Å²) in [5, 5.41) is 38.0. The summed E-state index contributed by atoms with van der Waals surface area (Å²) in [7, 11) is 4.89. The van der Waals surface area contributed by atoms with Crippen LogP contribution in [0.3, 0.4) is 0 Å². The quantitative estimate of drug-likeness (QED) is 0.187. The predicted octanol–water partition coefficient (Wildman–Crippen LogP) is 2.73. The Labute approximate surface area is 322 Å². The number of benzene rings is 2. The molecule has 3 aromatic rings. The first-order valence-corrected chi connectivity index (χ1v) is 20.0. The van der Waals surface area contributed by atoms with Crippen LogP contribution in [0.5, 0.6) is 5.75 Å². The first-order chi connectivity index (χ1) is 26.3. The van der Waals surface area contributed by atoms with E-state index in [1.807, 2.05) is 62.2 Å². The number of rotatable bonds is 6. The number of ether oxygens (including phenoxy) is 2. The molecule has 1 aromatic heterocycles. The molecule has 9 rings (SSSR count). The number of amides is 1. The second-order valence-electron chi connectivity index (χ2n) is 17.5. The third kappa shape index (κ3) is 4.51. The van der Waals surface area contributed by atoms with E-state index in [0.29, 0.717) is 69.5 Å². The van der Waals surface area contributed by atoms with E-state index >= 15 is 4.79 Å². The van der Waals surface area contributed by atoms with E-state index in [1.54, 1.807) is 7.11 Å². The van der Waals surface area contributed by atoms with Gasteiger partial charge in [0.2, 0.25) is 0 Å². The topological polar surface area (TPSA) is 165 Å². The first-order valence-electron chi connectivity index (χ1n) is 20.0. The van der Waals surface area contributed by atoms with E-state index in [0.717, 1.165) is 46.5 Å². The molecule has 12 nitrogen and oxygen atoms in total. The summed E-state index contributed by atoms with van der Waals surface area (Å²) >= 11 is 0. The van der Waals surface area contributed by atoms with Crippen LogP contribution in [0.25, 0.3) is 10.9 Å². The van der Waals surface area contributed by atoms with Crippen LogP contribution in [0.2, 0.25) is 0 Å². The van der Waals surface area contributed by atoms with Gasteiger partial charge in [-0.15, -0.1) is 0 Å². The summed E-state index contributed by atoms with van der Waals surface area (Å²) in [5.41, 5.74) is 4.72. The van der Waals surface area contributed by atoms with Gasteiger partial charge in [-0.2, -0.15) is 0 Å².